The predicted octanol–water partition coefficient (Wildman–Crippen LogP) is 0.898. The number of fused-ring (bicyclic) bond motifs is 1. The lowest BCUT2D eigenvalue weighted by molar-refractivity contribution is -0.122. The molecule has 2 N–H and O–H groups in total. The number of nitrogens with one attached hydrogen (secondary N) is 2. The molecule has 4 rings (SSSR count). The molecule has 35 heavy (non-hydrogen) atoms. The molecule has 0 aliphatic carbocycles. The van der Waals surface area contributed by atoms with Gasteiger partial charge in [-0.15, -0.1) is 0 Å². The molecule has 2 aromatic carbocycles. The fourth-order valence-electron chi connectivity index (χ4n) is 3.65. The molecule has 0 spiro atoms. The Morgan fingerprint density at radius 2 is 1.69 bits per heavy atom. The number of carbonyl (C=O) groups excluding carboxylic acids is 2. The third kappa shape index (κ3) is 4.83. The molecule has 180 valence electrons. The Balaban J connectivity index is 1.60. The zero-order valence-corrected chi connectivity index (χ0v) is 19.2. The number of benzene rings is 2. The molecular weight excluding hydrogens is 452 g/mol. The van der Waals surface area contributed by atoms with Gasteiger partial charge in [-0.3, -0.25) is 29.8 Å². The number of hydrogen-bond acceptors (Lipinski definition) is 6. The van der Waals surface area contributed by atoms with E-state index in [-0.39, 0.29) is 17.7 Å². The van der Waals surface area contributed by atoms with Crippen molar-refractivity contribution in [2.24, 2.45) is 0 Å². The van der Waals surface area contributed by atoms with Crippen LogP contribution in [0.15, 0.2) is 70.5 Å². The fourth-order valence-corrected chi connectivity index (χ4v) is 3.65. The zero-order chi connectivity index (χ0) is 24.9. The summed E-state index contributed by atoms with van der Waals surface area (Å²) in [5.74, 6) is -0.716. The Kier molecular flexibility index (Phi) is 6.76. The van der Waals surface area contributed by atoms with Crippen LogP contribution in [0.25, 0.3) is 11.2 Å². The van der Waals surface area contributed by atoms with Crippen molar-refractivity contribution >= 4 is 23.0 Å². The van der Waals surface area contributed by atoms with Gasteiger partial charge in [-0.2, -0.15) is 0 Å². The highest BCUT2D eigenvalue weighted by Crippen LogP contribution is 2.11. The van der Waals surface area contributed by atoms with Crippen LogP contribution in [0.5, 0.6) is 5.75 Å². The van der Waals surface area contributed by atoms with Gasteiger partial charge in [0, 0.05) is 12.1 Å². The summed E-state index contributed by atoms with van der Waals surface area (Å²) in [4.78, 5) is 55.6. The molecule has 2 amide bonds. The van der Waals surface area contributed by atoms with Gasteiger partial charge in [0.25, 0.3) is 17.4 Å². The van der Waals surface area contributed by atoms with Crippen molar-refractivity contribution in [1.82, 2.24) is 29.5 Å². The minimum absolute atomic E-state index is 0.174. The molecule has 0 aliphatic rings. The predicted molar refractivity (Wildman–Crippen MR) is 128 cm³/mol. The third-order valence-electron chi connectivity index (χ3n) is 5.48. The summed E-state index contributed by atoms with van der Waals surface area (Å²) in [6.07, 6.45) is 1.49. The molecule has 11 nitrogen and oxygen atoms in total. The second kappa shape index (κ2) is 10.1. The van der Waals surface area contributed by atoms with Gasteiger partial charge >= 0.3 is 5.69 Å². The number of hydrazine groups is 1. The molecule has 0 bridgehead atoms. The van der Waals surface area contributed by atoms with Crippen LogP contribution in [0, 0.1) is 0 Å². The highest BCUT2D eigenvalue weighted by Gasteiger charge is 2.20. The molecular formula is C24H24N6O5. The molecule has 11 heteroatoms. The summed E-state index contributed by atoms with van der Waals surface area (Å²) < 4.78 is 8.88. The molecule has 2 heterocycles. The summed E-state index contributed by atoms with van der Waals surface area (Å²) in [7, 11) is 1.51. The van der Waals surface area contributed by atoms with Gasteiger partial charge in [-0.1, -0.05) is 30.3 Å². The van der Waals surface area contributed by atoms with E-state index in [1.54, 1.807) is 16.7 Å². The topological polar surface area (TPSA) is 129 Å². The minimum Gasteiger partial charge on any atom is -0.497 e. The van der Waals surface area contributed by atoms with Gasteiger partial charge in [-0.05, 0) is 36.8 Å². The molecule has 0 saturated heterocycles. The molecule has 2 aromatic heterocycles. The largest absolute Gasteiger partial charge is 0.497 e. The Morgan fingerprint density at radius 3 is 2.34 bits per heavy atom. The second-order valence-electron chi connectivity index (χ2n) is 7.68. The van der Waals surface area contributed by atoms with Crippen LogP contribution in [-0.2, 0) is 24.4 Å². The molecule has 0 atom stereocenters. The van der Waals surface area contributed by atoms with Crippen LogP contribution in [0.3, 0.4) is 0 Å². The summed E-state index contributed by atoms with van der Waals surface area (Å²) in [6.45, 7) is 1.89. The van der Waals surface area contributed by atoms with Crippen molar-refractivity contribution in [3.63, 3.8) is 0 Å². The van der Waals surface area contributed by atoms with Crippen LogP contribution >= 0.6 is 0 Å². The maximum Gasteiger partial charge on any atom is 0.333 e. The van der Waals surface area contributed by atoms with E-state index in [0.29, 0.717) is 17.9 Å². The minimum atomic E-state index is -0.737. The standard InChI is InChI=1S/C24H24N6O5/c1-3-28-15-25-21-20(28)23(33)30(24(34)29(21)13-16-7-5-4-6-8-16)14-19(31)26-27-22(32)17-9-11-18(35-2)12-10-17/h4-12,15H,3,13-14H2,1-2H3,(H,26,31)(H,27,32). The van der Waals surface area contributed by atoms with Gasteiger partial charge in [0.1, 0.15) is 12.3 Å². The number of carbonyl (C=O) groups is 2. The molecule has 0 radical (unpaired) electrons. The smallest absolute Gasteiger partial charge is 0.333 e. The lowest BCUT2D eigenvalue weighted by Gasteiger charge is -2.13. The first-order valence-corrected chi connectivity index (χ1v) is 10.9. The number of hydrogen-bond donors (Lipinski definition) is 2. The monoisotopic (exact) mass is 476 g/mol. The van der Waals surface area contributed by atoms with E-state index >= 15 is 0 Å². The maximum atomic E-state index is 13.3. The van der Waals surface area contributed by atoms with E-state index in [2.05, 4.69) is 15.8 Å². The maximum absolute atomic E-state index is 13.3. The van der Waals surface area contributed by atoms with Crippen molar-refractivity contribution < 1.29 is 14.3 Å². The Hall–Kier alpha value is -4.67. The highest BCUT2D eigenvalue weighted by atomic mass is 16.5. The van der Waals surface area contributed by atoms with E-state index < -0.39 is 29.6 Å². The normalized spacial score (nSPS) is 10.8. The van der Waals surface area contributed by atoms with Crippen molar-refractivity contribution in [1.29, 1.82) is 0 Å². The SMILES string of the molecule is CCn1cnc2c1c(=O)n(CC(=O)NNC(=O)c1ccc(OC)cc1)c(=O)n2Cc1ccccc1. The Morgan fingerprint density at radius 1 is 0.971 bits per heavy atom. The van der Waals surface area contributed by atoms with Crippen molar-refractivity contribution in [3.05, 3.63) is 92.9 Å². The van der Waals surface area contributed by atoms with E-state index in [0.717, 1.165) is 10.1 Å². The van der Waals surface area contributed by atoms with E-state index in [1.807, 2.05) is 37.3 Å². The lowest BCUT2D eigenvalue weighted by atomic mass is 10.2. The van der Waals surface area contributed by atoms with Crippen molar-refractivity contribution in [3.8, 4) is 5.75 Å². The number of aryl methyl sites for hydroxylation is 1. The number of imidazole rings is 1. The summed E-state index contributed by atoms with van der Waals surface area (Å²) in [5.41, 5.74) is 4.82. The quantitative estimate of drug-likeness (QED) is 0.381. The van der Waals surface area contributed by atoms with Crippen LogP contribution in [0.4, 0.5) is 0 Å². The summed E-state index contributed by atoms with van der Waals surface area (Å²) >= 11 is 0. The zero-order valence-electron chi connectivity index (χ0n) is 19.2. The summed E-state index contributed by atoms with van der Waals surface area (Å²) in [5, 5.41) is 0. The molecule has 0 unspecified atom stereocenters. The lowest BCUT2D eigenvalue weighted by Crippen LogP contribution is -2.48. The molecule has 0 fully saturated rings. The first-order chi connectivity index (χ1) is 16.9. The van der Waals surface area contributed by atoms with E-state index in [1.165, 1.54) is 30.1 Å². The Labute approximate surface area is 199 Å². The van der Waals surface area contributed by atoms with Gasteiger partial charge in [0.2, 0.25) is 0 Å². The molecule has 0 aliphatic heterocycles. The molecule has 4 aromatic rings. The van der Waals surface area contributed by atoms with Gasteiger partial charge < -0.3 is 9.30 Å². The average Bonchev–Trinajstić information content (AvgIpc) is 3.32. The van der Waals surface area contributed by atoms with Crippen molar-refractivity contribution in [2.45, 2.75) is 26.6 Å². The molecule has 0 saturated carbocycles. The number of nitrogens with zero attached hydrogens (tertiary/aromatic N) is 4. The van der Waals surface area contributed by atoms with Gasteiger partial charge in [-0.25, -0.2) is 14.3 Å². The first-order valence-electron chi connectivity index (χ1n) is 10.9. The number of rotatable bonds is 7. The third-order valence-corrected chi connectivity index (χ3v) is 5.48. The second-order valence-corrected chi connectivity index (χ2v) is 7.68. The highest BCUT2D eigenvalue weighted by molar-refractivity contribution is 5.95. The van der Waals surface area contributed by atoms with Crippen LogP contribution in [0.1, 0.15) is 22.8 Å². The van der Waals surface area contributed by atoms with Gasteiger partial charge in [0.15, 0.2) is 11.2 Å². The summed E-state index contributed by atoms with van der Waals surface area (Å²) in [6, 6.07) is 15.5. The van der Waals surface area contributed by atoms with Gasteiger partial charge in [0.05, 0.1) is 20.0 Å². The fraction of sp³-hybridized carbons (Fsp3) is 0.208. The van der Waals surface area contributed by atoms with E-state index in [4.69, 9.17) is 4.74 Å². The van der Waals surface area contributed by atoms with Crippen LogP contribution < -0.4 is 26.8 Å². The Bertz CT molecular complexity index is 1490. The number of ether oxygens (including phenoxy) is 1. The number of aromatic nitrogens is 4. The average molecular weight is 476 g/mol. The van der Waals surface area contributed by atoms with Crippen LogP contribution in [0.2, 0.25) is 0 Å². The van der Waals surface area contributed by atoms with Crippen LogP contribution in [-0.4, -0.2) is 37.6 Å². The van der Waals surface area contributed by atoms with E-state index in [9.17, 15) is 19.2 Å². The first kappa shape index (κ1) is 23.5. The number of methoxy groups -OCH3 is 1. The number of amides is 2. The van der Waals surface area contributed by atoms with Crippen molar-refractivity contribution in [2.75, 3.05) is 7.11 Å².